The number of carbonyl (C=O) groups is 3. The van der Waals surface area contributed by atoms with E-state index >= 15 is 0 Å². The lowest BCUT2D eigenvalue weighted by Crippen LogP contribution is -2.54. The minimum atomic E-state index is -0.900. The zero-order chi connectivity index (χ0) is 17.2. The van der Waals surface area contributed by atoms with Gasteiger partial charge in [0, 0.05) is 18.9 Å². The molecule has 1 aromatic rings. The number of hydrogen-bond donors (Lipinski definition) is 2. The quantitative estimate of drug-likeness (QED) is 0.818. The van der Waals surface area contributed by atoms with Crippen molar-refractivity contribution < 1.29 is 19.1 Å². The van der Waals surface area contributed by atoms with E-state index in [0.29, 0.717) is 31.7 Å². The van der Waals surface area contributed by atoms with Gasteiger partial charge in [0.2, 0.25) is 11.8 Å². The summed E-state index contributed by atoms with van der Waals surface area (Å²) in [6.07, 6.45) is 0.988. The average Bonchev–Trinajstić information content (AvgIpc) is 2.89. The molecule has 0 spiro atoms. The maximum Gasteiger partial charge on any atom is 0.289 e. The van der Waals surface area contributed by atoms with E-state index in [2.05, 4.69) is 5.32 Å². The van der Waals surface area contributed by atoms with Gasteiger partial charge in [0.15, 0.2) is 0 Å². The molecule has 0 unspecified atom stereocenters. The van der Waals surface area contributed by atoms with Crippen LogP contribution in [0.5, 0.6) is 0 Å². The van der Waals surface area contributed by atoms with Gasteiger partial charge in [0.25, 0.3) is 5.24 Å². The van der Waals surface area contributed by atoms with Crippen LogP contribution in [0.25, 0.3) is 0 Å². The van der Waals surface area contributed by atoms with Gasteiger partial charge in [-0.25, -0.2) is 0 Å². The van der Waals surface area contributed by atoms with Crippen molar-refractivity contribution in [3.63, 3.8) is 0 Å². The van der Waals surface area contributed by atoms with Crippen LogP contribution in [0.3, 0.4) is 0 Å². The van der Waals surface area contributed by atoms with Crippen LogP contribution in [-0.4, -0.2) is 46.5 Å². The molecule has 2 aliphatic rings. The Kier molecular flexibility index (Phi) is 6.45. The van der Waals surface area contributed by atoms with Gasteiger partial charge in [-0.2, -0.15) is 0 Å². The Bertz CT molecular complexity index is 646. The van der Waals surface area contributed by atoms with Gasteiger partial charge in [-0.1, -0.05) is 23.9 Å². The molecule has 7 nitrogen and oxygen atoms in total. The number of anilines is 1. The number of halogens is 1. The summed E-state index contributed by atoms with van der Waals surface area (Å²) in [6.45, 7) is 1.22. The van der Waals surface area contributed by atoms with Crippen LogP contribution in [0.4, 0.5) is 10.5 Å². The van der Waals surface area contributed by atoms with Crippen LogP contribution in [0.2, 0.25) is 0 Å². The molecule has 2 heterocycles. The molecule has 2 saturated heterocycles. The summed E-state index contributed by atoms with van der Waals surface area (Å²) in [6, 6.07) is 7.06. The van der Waals surface area contributed by atoms with Crippen molar-refractivity contribution in [2.75, 3.05) is 24.3 Å². The fraction of sp³-hybridized carbons (Fsp3) is 0.438. The third-order valence-electron chi connectivity index (χ3n) is 4.23. The number of imide groups is 1. The van der Waals surface area contributed by atoms with E-state index in [4.69, 9.17) is 10.5 Å². The number of rotatable bonds is 4. The lowest BCUT2D eigenvalue weighted by atomic mass is 9.90. The number of hydrogen-bond acceptors (Lipinski definition) is 6. The Balaban J connectivity index is 0.00000225. The van der Waals surface area contributed by atoms with Crippen LogP contribution in [-0.2, 0) is 20.9 Å². The molecule has 3 N–H and O–H groups in total. The fourth-order valence-electron chi connectivity index (χ4n) is 2.63. The van der Waals surface area contributed by atoms with E-state index in [1.165, 1.54) is 4.90 Å². The third-order valence-corrected chi connectivity index (χ3v) is 5.09. The zero-order valence-electron chi connectivity index (χ0n) is 13.5. The smallest absolute Gasteiger partial charge is 0.289 e. The van der Waals surface area contributed by atoms with Gasteiger partial charge in [0.1, 0.15) is 5.54 Å². The van der Waals surface area contributed by atoms with E-state index in [1.807, 2.05) is 0 Å². The molecule has 9 heteroatoms. The molecule has 136 valence electrons. The van der Waals surface area contributed by atoms with Crippen molar-refractivity contribution >= 4 is 46.9 Å². The molecule has 3 rings (SSSR count). The normalized spacial score (nSPS) is 19.5. The van der Waals surface area contributed by atoms with Crippen LogP contribution in [0.1, 0.15) is 18.4 Å². The van der Waals surface area contributed by atoms with Gasteiger partial charge < -0.3 is 15.8 Å². The van der Waals surface area contributed by atoms with Gasteiger partial charge in [-0.3, -0.25) is 19.3 Å². The second-order valence-electron chi connectivity index (χ2n) is 5.95. The van der Waals surface area contributed by atoms with E-state index in [-0.39, 0.29) is 41.8 Å². The number of thioether (sulfide) groups is 1. The molecule has 2 aliphatic heterocycles. The standard InChI is InChI=1S/C16H19N3O4S.ClH/c17-16(5-7-23-8-6-16)14(21)18-12-3-1-11(2-4-12)9-19-13(20)10-24-15(19)22;/h1-4H,5-10,17H2,(H,18,21);1H. The highest BCUT2D eigenvalue weighted by molar-refractivity contribution is 8.14. The summed E-state index contributed by atoms with van der Waals surface area (Å²) in [5.41, 5.74) is 6.70. The molecule has 0 bridgehead atoms. The number of carbonyl (C=O) groups excluding carboxylic acids is 3. The minimum absolute atomic E-state index is 0. The first kappa shape index (κ1) is 19.7. The van der Waals surface area contributed by atoms with Gasteiger partial charge in [-0.05, 0) is 30.5 Å². The number of nitrogens with one attached hydrogen (secondary N) is 1. The summed E-state index contributed by atoms with van der Waals surface area (Å²) in [7, 11) is 0. The second-order valence-corrected chi connectivity index (χ2v) is 6.88. The van der Waals surface area contributed by atoms with E-state index in [9.17, 15) is 14.4 Å². The lowest BCUT2D eigenvalue weighted by molar-refractivity contribution is -0.125. The van der Waals surface area contributed by atoms with Crippen LogP contribution < -0.4 is 11.1 Å². The van der Waals surface area contributed by atoms with Crippen molar-refractivity contribution in [3.8, 4) is 0 Å². The Morgan fingerprint density at radius 3 is 2.44 bits per heavy atom. The molecule has 0 atom stereocenters. The monoisotopic (exact) mass is 385 g/mol. The molecule has 0 radical (unpaired) electrons. The molecule has 0 aromatic heterocycles. The largest absolute Gasteiger partial charge is 0.381 e. The Morgan fingerprint density at radius 1 is 1.24 bits per heavy atom. The van der Waals surface area contributed by atoms with E-state index in [0.717, 1.165) is 17.3 Å². The lowest BCUT2D eigenvalue weighted by Gasteiger charge is -2.31. The van der Waals surface area contributed by atoms with Crippen molar-refractivity contribution in [3.05, 3.63) is 29.8 Å². The Labute approximate surface area is 156 Å². The maximum atomic E-state index is 12.3. The van der Waals surface area contributed by atoms with E-state index in [1.54, 1.807) is 24.3 Å². The third kappa shape index (κ3) is 4.52. The summed E-state index contributed by atoms with van der Waals surface area (Å²) >= 11 is 1.02. The summed E-state index contributed by atoms with van der Waals surface area (Å²) in [5.74, 6) is -0.193. The highest BCUT2D eigenvalue weighted by atomic mass is 35.5. The van der Waals surface area contributed by atoms with Gasteiger partial charge in [0.05, 0.1) is 12.3 Å². The fourth-order valence-corrected chi connectivity index (χ4v) is 3.35. The molecule has 25 heavy (non-hydrogen) atoms. The number of benzene rings is 1. The SMILES string of the molecule is Cl.NC1(C(=O)Nc2ccc(CN3C(=O)CSC3=O)cc2)CCOCC1. The zero-order valence-corrected chi connectivity index (χ0v) is 15.2. The summed E-state index contributed by atoms with van der Waals surface area (Å²) < 4.78 is 5.24. The van der Waals surface area contributed by atoms with Gasteiger partial charge >= 0.3 is 0 Å². The highest BCUT2D eigenvalue weighted by Gasteiger charge is 2.36. The molecule has 2 fully saturated rings. The summed E-state index contributed by atoms with van der Waals surface area (Å²) in [5, 5.41) is 2.60. The molecule has 3 amide bonds. The van der Waals surface area contributed by atoms with Gasteiger partial charge in [-0.15, -0.1) is 12.4 Å². The minimum Gasteiger partial charge on any atom is -0.381 e. The predicted octanol–water partition coefficient (Wildman–Crippen LogP) is 1.75. The number of ether oxygens (including phenoxy) is 1. The summed E-state index contributed by atoms with van der Waals surface area (Å²) in [4.78, 5) is 36.8. The molecular formula is C16H20ClN3O4S. The maximum absolute atomic E-state index is 12.3. The van der Waals surface area contributed by atoms with Crippen LogP contribution >= 0.6 is 24.2 Å². The number of nitrogens with two attached hydrogens (primary N) is 1. The van der Waals surface area contributed by atoms with Crippen molar-refractivity contribution in [2.24, 2.45) is 5.73 Å². The van der Waals surface area contributed by atoms with Crippen LogP contribution in [0.15, 0.2) is 24.3 Å². The van der Waals surface area contributed by atoms with Crippen molar-refractivity contribution in [2.45, 2.75) is 24.9 Å². The molecular weight excluding hydrogens is 366 g/mol. The molecule has 1 aromatic carbocycles. The average molecular weight is 386 g/mol. The molecule has 0 aliphatic carbocycles. The first-order valence-corrected chi connectivity index (χ1v) is 8.71. The van der Waals surface area contributed by atoms with Crippen molar-refractivity contribution in [1.29, 1.82) is 0 Å². The van der Waals surface area contributed by atoms with Crippen LogP contribution in [0, 0.1) is 0 Å². The highest BCUT2D eigenvalue weighted by Crippen LogP contribution is 2.23. The predicted molar refractivity (Wildman–Crippen MR) is 97.7 cm³/mol. The Hall–Kier alpha value is -1.61. The number of nitrogens with zero attached hydrogens (tertiary/aromatic N) is 1. The second kappa shape index (κ2) is 8.18. The first-order valence-electron chi connectivity index (χ1n) is 7.72. The first-order chi connectivity index (χ1) is 11.5. The Morgan fingerprint density at radius 2 is 1.88 bits per heavy atom. The number of amides is 3. The van der Waals surface area contributed by atoms with E-state index < -0.39 is 5.54 Å². The molecule has 0 saturated carbocycles. The topological polar surface area (TPSA) is 102 Å². The van der Waals surface area contributed by atoms with Crippen molar-refractivity contribution in [1.82, 2.24) is 4.90 Å².